The van der Waals surface area contributed by atoms with Gasteiger partial charge in [0.1, 0.15) is 17.2 Å². The standard InChI is InChI=1S/C14H10F3NO/c15-14(16,17)13(18)8-5-6-12-10(7-8)9-3-1-2-4-11(9)19-12/h1-7,13H,18H2/t13-/m0/s1. The summed E-state index contributed by atoms with van der Waals surface area (Å²) >= 11 is 0. The molecule has 0 fully saturated rings. The number of rotatable bonds is 1. The van der Waals surface area contributed by atoms with Gasteiger partial charge in [0.15, 0.2) is 0 Å². The van der Waals surface area contributed by atoms with Crippen LogP contribution in [0.2, 0.25) is 0 Å². The first-order valence-corrected chi connectivity index (χ1v) is 5.70. The minimum absolute atomic E-state index is 0.0338. The largest absolute Gasteiger partial charge is 0.456 e. The van der Waals surface area contributed by atoms with Gasteiger partial charge in [-0.15, -0.1) is 0 Å². The van der Waals surface area contributed by atoms with Crippen molar-refractivity contribution in [1.29, 1.82) is 0 Å². The molecule has 0 amide bonds. The van der Waals surface area contributed by atoms with E-state index in [0.717, 1.165) is 5.39 Å². The molecule has 0 aliphatic carbocycles. The Morgan fingerprint density at radius 3 is 2.37 bits per heavy atom. The zero-order valence-electron chi connectivity index (χ0n) is 9.74. The number of benzene rings is 2. The molecule has 0 saturated carbocycles. The molecule has 3 aromatic rings. The fourth-order valence-corrected chi connectivity index (χ4v) is 2.13. The van der Waals surface area contributed by atoms with Crippen molar-refractivity contribution in [1.82, 2.24) is 0 Å². The highest BCUT2D eigenvalue weighted by molar-refractivity contribution is 6.05. The quantitative estimate of drug-likeness (QED) is 0.718. The number of nitrogens with two attached hydrogens (primary N) is 1. The van der Waals surface area contributed by atoms with E-state index in [1.54, 1.807) is 6.07 Å². The van der Waals surface area contributed by atoms with Crippen LogP contribution in [0.1, 0.15) is 11.6 Å². The maximum Gasteiger partial charge on any atom is 0.407 e. The van der Waals surface area contributed by atoms with Gasteiger partial charge in [-0.1, -0.05) is 24.3 Å². The zero-order chi connectivity index (χ0) is 13.6. The predicted octanol–water partition coefficient (Wildman–Crippen LogP) is 4.15. The van der Waals surface area contributed by atoms with Crippen LogP contribution >= 0.6 is 0 Å². The van der Waals surface area contributed by atoms with E-state index in [4.69, 9.17) is 10.2 Å². The Hall–Kier alpha value is -2.01. The predicted molar refractivity (Wildman–Crippen MR) is 66.7 cm³/mol. The Bertz CT molecular complexity index is 745. The third kappa shape index (κ3) is 1.96. The van der Waals surface area contributed by atoms with Crippen molar-refractivity contribution in [3.05, 3.63) is 48.0 Å². The summed E-state index contributed by atoms with van der Waals surface area (Å²) in [5, 5.41) is 1.43. The summed E-state index contributed by atoms with van der Waals surface area (Å²) in [6.07, 6.45) is -4.45. The van der Waals surface area contributed by atoms with Crippen molar-refractivity contribution in [2.24, 2.45) is 5.73 Å². The molecule has 0 unspecified atom stereocenters. The van der Waals surface area contributed by atoms with Gasteiger partial charge in [-0.05, 0) is 23.8 Å². The van der Waals surface area contributed by atoms with Gasteiger partial charge >= 0.3 is 6.18 Å². The normalized spacial score (nSPS) is 14.1. The van der Waals surface area contributed by atoms with Crippen molar-refractivity contribution < 1.29 is 17.6 Å². The Morgan fingerprint density at radius 2 is 1.63 bits per heavy atom. The second-order valence-electron chi connectivity index (χ2n) is 4.37. The van der Waals surface area contributed by atoms with E-state index in [-0.39, 0.29) is 5.56 Å². The minimum Gasteiger partial charge on any atom is -0.456 e. The summed E-state index contributed by atoms with van der Waals surface area (Å²) in [7, 11) is 0. The van der Waals surface area contributed by atoms with Gasteiger partial charge in [0.25, 0.3) is 0 Å². The third-order valence-electron chi connectivity index (χ3n) is 3.11. The summed E-state index contributed by atoms with van der Waals surface area (Å²) in [6, 6.07) is 9.55. The molecule has 98 valence electrons. The van der Waals surface area contributed by atoms with Gasteiger partial charge < -0.3 is 10.2 Å². The molecule has 0 spiro atoms. The Balaban J connectivity index is 2.22. The number of fused-ring (bicyclic) bond motifs is 3. The van der Waals surface area contributed by atoms with Crippen molar-refractivity contribution >= 4 is 21.9 Å². The molecule has 2 nitrogen and oxygen atoms in total. The molecule has 2 aromatic carbocycles. The molecule has 0 aliphatic heterocycles. The first-order chi connectivity index (χ1) is 8.97. The van der Waals surface area contributed by atoms with E-state index >= 15 is 0 Å². The molecule has 3 rings (SSSR count). The van der Waals surface area contributed by atoms with E-state index in [1.807, 2.05) is 18.2 Å². The summed E-state index contributed by atoms with van der Waals surface area (Å²) < 4.78 is 43.4. The molecule has 0 saturated heterocycles. The second-order valence-corrected chi connectivity index (χ2v) is 4.37. The SMILES string of the molecule is N[C@@H](c1ccc2oc3ccccc3c2c1)C(F)(F)F. The summed E-state index contributed by atoms with van der Waals surface area (Å²) in [5.41, 5.74) is 6.46. The number of hydrogen-bond acceptors (Lipinski definition) is 2. The number of alkyl halides is 3. The van der Waals surface area contributed by atoms with Gasteiger partial charge in [0.05, 0.1) is 0 Å². The number of halogens is 3. The lowest BCUT2D eigenvalue weighted by Gasteiger charge is -2.15. The summed E-state index contributed by atoms with van der Waals surface area (Å²) in [4.78, 5) is 0. The summed E-state index contributed by atoms with van der Waals surface area (Å²) in [6.45, 7) is 0. The number of hydrogen-bond donors (Lipinski definition) is 1. The lowest BCUT2D eigenvalue weighted by Crippen LogP contribution is -2.28. The van der Waals surface area contributed by atoms with Gasteiger partial charge in [-0.25, -0.2) is 0 Å². The van der Waals surface area contributed by atoms with E-state index in [0.29, 0.717) is 16.6 Å². The van der Waals surface area contributed by atoms with Gasteiger partial charge in [-0.3, -0.25) is 0 Å². The minimum atomic E-state index is -4.45. The molecule has 5 heteroatoms. The average Bonchev–Trinajstić information content (AvgIpc) is 2.74. The van der Waals surface area contributed by atoms with Gasteiger partial charge in [0.2, 0.25) is 0 Å². The molecular weight excluding hydrogens is 255 g/mol. The maximum absolute atomic E-state index is 12.6. The first kappa shape index (κ1) is 12.0. The Kier molecular flexibility index (Phi) is 2.53. The molecule has 1 aromatic heterocycles. The van der Waals surface area contributed by atoms with Gasteiger partial charge in [-0.2, -0.15) is 13.2 Å². The van der Waals surface area contributed by atoms with Gasteiger partial charge in [0, 0.05) is 10.8 Å². The topological polar surface area (TPSA) is 39.2 Å². The van der Waals surface area contributed by atoms with Crippen molar-refractivity contribution in [3.63, 3.8) is 0 Å². The van der Waals surface area contributed by atoms with E-state index in [9.17, 15) is 13.2 Å². The maximum atomic E-state index is 12.6. The third-order valence-corrected chi connectivity index (χ3v) is 3.11. The van der Waals surface area contributed by atoms with Crippen molar-refractivity contribution in [2.75, 3.05) is 0 Å². The zero-order valence-corrected chi connectivity index (χ0v) is 9.74. The van der Waals surface area contributed by atoms with Crippen LogP contribution in [0.4, 0.5) is 13.2 Å². The fraction of sp³-hybridized carbons (Fsp3) is 0.143. The van der Waals surface area contributed by atoms with Crippen LogP contribution in [-0.4, -0.2) is 6.18 Å². The van der Waals surface area contributed by atoms with E-state index in [1.165, 1.54) is 18.2 Å². The van der Waals surface area contributed by atoms with E-state index < -0.39 is 12.2 Å². The molecule has 19 heavy (non-hydrogen) atoms. The van der Waals surface area contributed by atoms with Crippen LogP contribution in [-0.2, 0) is 0 Å². The average molecular weight is 265 g/mol. The summed E-state index contributed by atoms with van der Waals surface area (Å²) in [5.74, 6) is 0. The Morgan fingerprint density at radius 1 is 0.947 bits per heavy atom. The molecule has 1 atom stereocenters. The number of furan rings is 1. The highest BCUT2D eigenvalue weighted by atomic mass is 19.4. The van der Waals surface area contributed by atoms with Crippen LogP contribution in [0.5, 0.6) is 0 Å². The molecule has 2 N–H and O–H groups in total. The van der Waals surface area contributed by atoms with Crippen molar-refractivity contribution in [3.8, 4) is 0 Å². The molecule has 0 aliphatic rings. The lowest BCUT2D eigenvalue weighted by molar-refractivity contribution is -0.149. The van der Waals surface area contributed by atoms with Crippen LogP contribution in [0, 0.1) is 0 Å². The second kappa shape index (κ2) is 3.99. The smallest absolute Gasteiger partial charge is 0.407 e. The van der Waals surface area contributed by atoms with Crippen LogP contribution in [0.25, 0.3) is 21.9 Å². The van der Waals surface area contributed by atoms with E-state index in [2.05, 4.69) is 0 Å². The van der Waals surface area contributed by atoms with Crippen LogP contribution in [0.15, 0.2) is 46.9 Å². The molecule has 0 bridgehead atoms. The molecule has 1 heterocycles. The fourth-order valence-electron chi connectivity index (χ4n) is 2.13. The molecule has 0 radical (unpaired) electrons. The first-order valence-electron chi connectivity index (χ1n) is 5.70. The highest BCUT2D eigenvalue weighted by Crippen LogP contribution is 2.34. The lowest BCUT2D eigenvalue weighted by atomic mass is 10.0. The van der Waals surface area contributed by atoms with Crippen LogP contribution < -0.4 is 5.73 Å². The van der Waals surface area contributed by atoms with Crippen molar-refractivity contribution in [2.45, 2.75) is 12.2 Å². The number of para-hydroxylation sites is 1. The molecular formula is C14H10F3NO. The monoisotopic (exact) mass is 265 g/mol. The Labute approximate surface area is 106 Å². The highest BCUT2D eigenvalue weighted by Gasteiger charge is 2.37. The van der Waals surface area contributed by atoms with Crippen LogP contribution in [0.3, 0.4) is 0 Å².